The highest BCUT2D eigenvalue weighted by Crippen LogP contribution is 2.12. The van der Waals surface area contributed by atoms with Crippen molar-refractivity contribution < 1.29 is 5.11 Å². The molecule has 0 atom stereocenters. The van der Waals surface area contributed by atoms with Crippen LogP contribution in [0, 0.1) is 0 Å². The minimum absolute atomic E-state index is 0.0313. The molecule has 0 spiro atoms. The Balaban J connectivity index is 3.56. The van der Waals surface area contributed by atoms with Crippen molar-refractivity contribution in [2.45, 2.75) is 39.0 Å². The normalized spacial score (nSPS) is 14.6. The molecule has 0 aliphatic heterocycles. The second kappa shape index (κ2) is 5.72. The van der Waals surface area contributed by atoms with Gasteiger partial charge in [-0.25, -0.2) is 0 Å². The summed E-state index contributed by atoms with van der Waals surface area (Å²) in [5.41, 5.74) is 0. The Labute approximate surface area is 79.7 Å². The molecule has 0 heterocycles. The SMILES string of the molecule is CC=C(C)[SiH2]CC[Si](C)(C)CO. The van der Waals surface area contributed by atoms with Gasteiger partial charge in [-0.1, -0.05) is 36.5 Å². The van der Waals surface area contributed by atoms with E-state index in [1.54, 1.807) is 5.20 Å². The lowest BCUT2D eigenvalue weighted by atomic mass is 10.6. The summed E-state index contributed by atoms with van der Waals surface area (Å²) >= 11 is 0. The molecule has 0 aliphatic carbocycles. The Morgan fingerprint density at radius 2 is 2.08 bits per heavy atom. The molecule has 0 amide bonds. The first-order valence-corrected chi connectivity index (χ1v) is 9.86. The Morgan fingerprint density at radius 3 is 2.50 bits per heavy atom. The molecular formula is C9H22OSi2. The molecule has 0 saturated heterocycles. The van der Waals surface area contributed by atoms with Crippen LogP contribution in [-0.4, -0.2) is 28.9 Å². The number of hydrogen-bond acceptors (Lipinski definition) is 1. The minimum atomic E-state index is -1.19. The van der Waals surface area contributed by atoms with Gasteiger partial charge in [0.05, 0.1) is 8.07 Å². The fourth-order valence-electron chi connectivity index (χ4n) is 1.07. The van der Waals surface area contributed by atoms with Crippen molar-refractivity contribution in [3.05, 3.63) is 11.3 Å². The molecule has 0 rings (SSSR count). The van der Waals surface area contributed by atoms with Crippen LogP contribution in [0.5, 0.6) is 0 Å². The van der Waals surface area contributed by atoms with Crippen LogP contribution in [0.2, 0.25) is 25.2 Å². The van der Waals surface area contributed by atoms with Gasteiger partial charge in [0, 0.05) is 15.7 Å². The molecule has 0 saturated carbocycles. The summed E-state index contributed by atoms with van der Waals surface area (Å²) in [5.74, 6) is 0. The summed E-state index contributed by atoms with van der Waals surface area (Å²) < 4.78 is 0. The highest BCUT2D eigenvalue weighted by Gasteiger charge is 2.18. The lowest BCUT2D eigenvalue weighted by molar-refractivity contribution is 0.358. The number of allylic oxidation sites excluding steroid dienone is 2. The third-order valence-electron chi connectivity index (χ3n) is 2.35. The molecule has 0 unspecified atom stereocenters. The van der Waals surface area contributed by atoms with Crippen LogP contribution in [0.3, 0.4) is 0 Å². The molecule has 1 N–H and O–H groups in total. The van der Waals surface area contributed by atoms with E-state index in [2.05, 4.69) is 33.0 Å². The van der Waals surface area contributed by atoms with E-state index in [9.17, 15) is 0 Å². The minimum Gasteiger partial charge on any atom is -0.400 e. The number of hydrogen-bond donors (Lipinski definition) is 1. The monoisotopic (exact) mass is 202 g/mol. The molecule has 0 bridgehead atoms. The summed E-state index contributed by atoms with van der Waals surface area (Å²) in [5, 5.41) is 10.7. The third-order valence-corrected chi connectivity index (χ3v) is 7.52. The van der Waals surface area contributed by atoms with Crippen molar-refractivity contribution in [3.8, 4) is 0 Å². The molecule has 12 heavy (non-hydrogen) atoms. The maximum atomic E-state index is 9.08. The molecule has 72 valence electrons. The molecular weight excluding hydrogens is 180 g/mol. The number of aliphatic hydroxyl groups is 1. The summed E-state index contributed by atoms with van der Waals surface area (Å²) in [4.78, 5) is 0. The maximum absolute atomic E-state index is 9.08. The van der Waals surface area contributed by atoms with E-state index in [-0.39, 0.29) is 9.52 Å². The van der Waals surface area contributed by atoms with Crippen molar-refractivity contribution in [1.82, 2.24) is 0 Å². The smallest absolute Gasteiger partial charge is 0.0770 e. The van der Waals surface area contributed by atoms with Crippen LogP contribution >= 0.6 is 0 Å². The van der Waals surface area contributed by atoms with Crippen LogP contribution in [-0.2, 0) is 0 Å². The second-order valence-corrected chi connectivity index (χ2v) is 11.8. The van der Waals surface area contributed by atoms with Crippen LogP contribution in [0.15, 0.2) is 11.3 Å². The Kier molecular flexibility index (Phi) is 5.79. The summed E-state index contributed by atoms with van der Waals surface area (Å²) in [6.07, 6.45) is 2.69. The zero-order chi connectivity index (χ0) is 9.61. The van der Waals surface area contributed by atoms with E-state index in [0.29, 0.717) is 6.23 Å². The molecule has 0 aromatic carbocycles. The fraction of sp³-hybridized carbons (Fsp3) is 0.778. The van der Waals surface area contributed by atoms with Crippen LogP contribution < -0.4 is 0 Å². The topological polar surface area (TPSA) is 20.2 Å². The Bertz CT molecular complexity index is 153. The zero-order valence-electron chi connectivity index (χ0n) is 8.85. The van der Waals surface area contributed by atoms with Crippen LogP contribution in [0.4, 0.5) is 0 Å². The third kappa shape index (κ3) is 5.74. The van der Waals surface area contributed by atoms with E-state index >= 15 is 0 Å². The largest absolute Gasteiger partial charge is 0.400 e. The summed E-state index contributed by atoms with van der Waals surface area (Å²) in [7, 11) is -1.16. The van der Waals surface area contributed by atoms with E-state index < -0.39 is 8.07 Å². The molecule has 3 heteroatoms. The van der Waals surface area contributed by atoms with Gasteiger partial charge in [-0.3, -0.25) is 0 Å². The van der Waals surface area contributed by atoms with Gasteiger partial charge in [-0.15, -0.1) is 0 Å². The van der Waals surface area contributed by atoms with Crippen molar-refractivity contribution in [3.63, 3.8) is 0 Å². The highest BCUT2D eigenvalue weighted by molar-refractivity contribution is 6.78. The first kappa shape index (κ1) is 12.1. The molecule has 0 aromatic rings. The highest BCUT2D eigenvalue weighted by atomic mass is 28.3. The number of aliphatic hydroxyl groups excluding tert-OH is 1. The summed E-state index contributed by atoms with van der Waals surface area (Å²) in [6.45, 7) is 8.90. The van der Waals surface area contributed by atoms with E-state index in [1.165, 1.54) is 12.1 Å². The first-order valence-electron chi connectivity index (χ1n) is 4.74. The number of rotatable bonds is 5. The molecule has 0 radical (unpaired) electrons. The lowest BCUT2D eigenvalue weighted by Gasteiger charge is -2.18. The van der Waals surface area contributed by atoms with E-state index in [1.807, 2.05) is 0 Å². The van der Waals surface area contributed by atoms with Crippen molar-refractivity contribution in [2.75, 3.05) is 6.23 Å². The Morgan fingerprint density at radius 1 is 1.50 bits per heavy atom. The van der Waals surface area contributed by atoms with Gasteiger partial charge in [0.25, 0.3) is 0 Å². The lowest BCUT2D eigenvalue weighted by Crippen LogP contribution is -2.30. The molecule has 0 aliphatic rings. The van der Waals surface area contributed by atoms with Gasteiger partial charge >= 0.3 is 0 Å². The molecule has 1 nitrogen and oxygen atoms in total. The standard InChI is InChI=1S/C9H22OSi2/c1-5-9(2)11-6-7-12(3,4)8-10/h5,10H,6-8,11H2,1-4H3. The maximum Gasteiger partial charge on any atom is 0.0770 e. The van der Waals surface area contributed by atoms with E-state index in [4.69, 9.17) is 5.11 Å². The van der Waals surface area contributed by atoms with Gasteiger partial charge in [0.15, 0.2) is 0 Å². The van der Waals surface area contributed by atoms with Crippen molar-refractivity contribution >= 4 is 17.6 Å². The van der Waals surface area contributed by atoms with Gasteiger partial charge in [0.2, 0.25) is 0 Å². The quantitative estimate of drug-likeness (QED) is 0.673. The second-order valence-electron chi connectivity index (χ2n) is 4.31. The van der Waals surface area contributed by atoms with Gasteiger partial charge < -0.3 is 5.11 Å². The van der Waals surface area contributed by atoms with Gasteiger partial charge in [0.1, 0.15) is 0 Å². The average Bonchev–Trinajstić information content (AvgIpc) is 2.04. The Hall–Kier alpha value is 0.134. The van der Waals surface area contributed by atoms with Crippen molar-refractivity contribution in [1.29, 1.82) is 0 Å². The average molecular weight is 202 g/mol. The van der Waals surface area contributed by atoms with Crippen molar-refractivity contribution in [2.24, 2.45) is 0 Å². The predicted octanol–water partition coefficient (Wildman–Crippen LogP) is 1.74. The predicted molar refractivity (Wildman–Crippen MR) is 62.2 cm³/mol. The van der Waals surface area contributed by atoms with Crippen LogP contribution in [0.25, 0.3) is 0 Å². The van der Waals surface area contributed by atoms with Gasteiger partial charge in [-0.05, 0) is 13.8 Å². The fourth-order valence-corrected chi connectivity index (χ4v) is 6.61. The van der Waals surface area contributed by atoms with E-state index in [0.717, 1.165) is 0 Å². The molecule has 0 fully saturated rings. The molecule has 0 aromatic heterocycles. The van der Waals surface area contributed by atoms with Gasteiger partial charge in [-0.2, -0.15) is 0 Å². The van der Waals surface area contributed by atoms with Crippen LogP contribution in [0.1, 0.15) is 13.8 Å². The zero-order valence-corrected chi connectivity index (χ0v) is 11.3. The summed E-state index contributed by atoms with van der Waals surface area (Å²) in [6, 6.07) is 2.69. The first-order chi connectivity index (χ1) is 5.52.